The molecule has 36 heavy (non-hydrogen) atoms. The van der Waals surface area contributed by atoms with Gasteiger partial charge in [0.2, 0.25) is 0 Å². The summed E-state index contributed by atoms with van der Waals surface area (Å²) < 4.78 is 52.9. The van der Waals surface area contributed by atoms with Gasteiger partial charge in [0.25, 0.3) is 0 Å². The van der Waals surface area contributed by atoms with E-state index in [9.17, 15) is 0 Å². The van der Waals surface area contributed by atoms with Gasteiger partial charge in [-0.1, -0.05) is 26.3 Å². The van der Waals surface area contributed by atoms with Crippen LogP contribution in [-0.4, -0.2) is 57.6 Å². The summed E-state index contributed by atoms with van der Waals surface area (Å²) >= 11 is 0. The predicted molar refractivity (Wildman–Crippen MR) is 151 cm³/mol. The molecule has 1 aliphatic rings. The quantitative estimate of drug-likeness (QED) is 0.327. The van der Waals surface area contributed by atoms with Gasteiger partial charge in [-0.25, -0.2) is 0 Å². The smallest absolute Gasteiger partial charge is 0.366 e. The van der Waals surface area contributed by atoms with E-state index in [1.165, 1.54) is 22.8 Å². The number of hydrogen-bond donors (Lipinski definition) is 0. The fraction of sp³-hybridized carbons (Fsp3) is 0.667. The van der Waals surface area contributed by atoms with Crippen molar-refractivity contribution in [3.8, 4) is 0 Å². The molecule has 0 aromatic heterocycles. The van der Waals surface area contributed by atoms with Gasteiger partial charge in [0.15, 0.2) is 0 Å². The normalized spacial score (nSPS) is 32.8. The standard InChI is InChI=1S/C24H48O8Si4/c1-17-33(25-21(5,6)7)29-34(18-2,26-22(8,9)10)31-36(20-4,28-24(14,15)16)32-35(19-3,30-33)27-23(11,12)13/h17-20H,1-4H2,5-16H3. The molecule has 0 spiro atoms. The highest BCUT2D eigenvalue weighted by Crippen LogP contribution is 2.40. The summed E-state index contributed by atoms with van der Waals surface area (Å²) in [4.78, 5) is 0. The summed E-state index contributed by atoms with van der Waals surface area (Å²) in [6, 6.07) is 0. The van der Waals surface area contributed by atoms with Crippen molar-refractivity contribution in [2.24, 2.45) is 0 Å². The Morgan fingerprint density at radius 3 is 0.611 bits per heavy atom. The first-order valence-corrected chi connectivity index (χ1v) is 19.3. The van der Waals surface area contributed by atoms with Gasteiger partial charge >= 0.3 is 35.2 Å². The maximum Gasteiger partial charge on any atom is 0.515 e. The van der Waals surface area contributed by atoms with Crippen LogP contribution in [0.4, 0.5) is 0 Å². The SMILES string of the molecule is C=C[Si]1(OC(C)(C)C)O[Si](C=C)(OC(C)(C)C)O[Si](C=C)(OC(C)(C)C)O[Si](C=C)(OC(C)(C)C)O1. The molecule has 12 heteroatoms. The Balaban J connectivity index is 4.04. The molecule has 0 unspecified atom stereocenters. The first-order chi connectivity index (χ1) is 15.9. The highest BCUT2D eigenvalue weighted by molar-refractivity contribution is 6.93. The molecule has 0 saturated carbocycles. The van der Waals surface area contributed by atoms with Crippen molar-refractivity contribution in [1.29, 1.82) is 0 Å². The first-order valence-electron chi connectivity index (χ1n) is 12.1. The Bertz CT molecular complexity index is 674. The molecule has 0 aliphatic carbocycles. The van der Waals surface area contributed by atoms with Crippen molar-refractivity contribution < 1.29 is 34.2 Å². The Hall–Kier alpha value is -0.492. The van der Waals surface area contributed by atoms with Crippen molar-refractivity contribution in [2.75, 3.05) is 0 Å². The second-order valence-corrected chi connectivity index (χ2v) is 23.0. The molecule has 0 bridgehead atoms. The van der Waals surface area contributed by atoms with Crippen LogP contribution < -0.4 is 0 Å². The van der Waals surface area contributed by atoms with Crippen LogP contribution in [0.1, 0.15) is 83.1 Å². The van der Waals surface area contributed by atoms with Crippen molar-refractivity contribution in [1.82, 2.24) is 0 Å². The maximum atomic E-state index is 6.75. The molecule has 1 heterocycles. The van der Waals surface area contributed by atoms with Gasteiger partial charge in [0, 0.05) is 0 Å². The second kappa shape index (κ2) is 10.9. The molecule has 1 rings (SSSR count). The summed E-state index contributed by atoms with van der Waals surface area (Å²) in [6.45, 7) is 38.8. The third-order valence-corrected chi connectivity index (χ3v) is 18.6. The molecule has 0 aromatic rings. The van der Waals surface area contributed by atoms with Gasteiger partial charge < -0.3 is 34.2 Å². The summed E-state index contributed by atoms with van der Waals surface area (Å²) in [5, 5.41) is 0. The molecule has 208 valence electrons. The van der Waals surface area contributed by atoms with E-state index in [2.05, 4.69) is 26.3 Å². The van der Waals surface area contributed by atoms with Gasteiger partial charge in [-0.15, -0.1) is 0 Å². The lowest BCUT2D eigenvalue weighted by Gasteiger charge is -2.50. The molecule has 0 amide bonds. The largest absolute Gasteiger partial charge is 0.515 e. The fourth-order valence-electron chi connectivity index (χ4n) is 3.25. The van der Waals surface area contributed by atoms with E-state index < -0.39 is 57.6 Å². The van der Waals surface area contributed by atoms with Crippen LogP contribution in [-0.2, 0) is 34.2 Å². The van der Waals surface area contributed by atoms with Gasteiger partial charge in [0.05, 0.1) is 22.4 Å². The van der Waals surface area contributed by atoms with Gasteiger partial charge in [-0.2, -0.15) is 0 Å². The molecule has 1 fully saturated rings. The molecule has 0 N–H and O–H groups in total. The van der Waals surface area contributed by atoms with Crippen molar-refractivity contribution in [2.45, 2.75) is 105 Å². The minimum atomic E-state index is -3.84. The van der Waals surface area contributed by atoms with Crippen LogP contribution in [0, 0.1) is 0 Å². The molecular weight excluding hydrogens is 529 g/mol. The van der Waals surface area contributed by atoms with E-state index in [-0.39, 0.29) is 0 Å². The first kappa shape index (κ1) is 33.5. The zero-order valence-corrected chi connectivity index (χ0v) is 28.4. The Morgan fingerprint density at radius 2 is 0.528 bits per heavy atom. The Morgan fingerprint density at radius 1 is 0.389 bits per heavy atom. The molecule has 0 aromatic carbocycles. The second-order valence-electron chi connectivity index (χ2n) is 12.5. The van der Waals surface area contributed by atoms with E-state index >= 15 is 0 Å². The zero-order valence-electron chi connectivity index (χ0n) is 24.4. The summed E-state index contributed by atoms with van der Waals surface area (Å²) in [7, 11) is -15.4. The highest BCUT2D eigenvalue weighted by atomic mass is 28.6. The van der Waals surface area contributed by atoms with Gasteiger partial charge in [-0.3, -0.25) is 0 Å². The molecule has 0 radical (unpaired) electrons. The van der Waals surface area contributed by atoms with E-state index in [0.29, 0.717) is 0 Å². The van der Waals surface area contributed by atoms with E-state index in [1.807, 2.05) is 83.1 Å². The van der Waals surface area contributed by atoms with Gasteiger partial charge in [-0.05, 0) is 106 Å². The average molecular weight is 577 g/mol. The Labute approximate surface area is 223 Å². The lowest BCUT2D eigenvalue weighted by molar-refractivity contribution is -0.0417. The third kappa shape index (κ3) is 10.00. The maximum absolute atomic E-state index is 6.75. The lowest BCUT2D eigenvalue weighted by Crippen LogP contribution is -2.74. The summed E-state index contributed by atoms with van der Waals surface area (Å²) in [6.07, 6.45) is 0. The van der Waals surface area contributed by atoms with Crippen LogP contribution >= 0.6 is 0 Å². The fourth-order valence-corrected chi connectivity index (χ4v) is 19.5. The van der Waals surface area contributed by atoms with E-state index in [0.717, 1.165) is 0 Å². The number of hydrogen-bond acceptors (Lipinski definition) is 8. The summed E-state index contributed by atoms with van der Waals surface area (Å²) in [5.41, 5.74) is 3.42. The lowest BCUT2D eigenvalue weighted by atomic mass is 10.2. The number of rotatable bonds is 8. The monoisotopic (exact) mass is 576 g/mol. The Kier molecular flexibility index (Phi) is 10.2. The van der Waals surface area contributed by atoms with E-state index in [1.54, 1.807) is 0 Å². The van der Waals surface area contributed by atoms with Crippen LogP contribution in [0.15, 0.2) is 49.1 Å². The molecule has 1 saturated heterocycles. The van der Waals surface area contributed by atoms with Crippen molar-refractivity contribution in [3.05, 3.63) is 49.1 Å². The summed E-state index contributed by atoms with van der Waals surface area (Å²) in [5.74, 6) is 0. The third-order valence-electron chi connectivity index (χ3n) is 3.93. The minimum absolute atomic E-state index is 0.680. The van der Waals surface area contributed by atoms with Crippen LogP contribution in [0.25, 0.3) is 0 Å². The van der Waals surface area contributed by atoms with Crippen LogP contribution in [0.3, 0.4) is 0 Å². The van der Waals surface area contributed by atoms with Crippen molar-refractivity contribution >= 4 is 35.2 Å². The van der Waals surface area contributed by atoms with E-state index in [4.69, 9.17) is 34.2 Å². The molecule has 8 nitrogen and oxygen atoms in total. The minimum Gasteiger partial charge on any atom is -0.366 e. The average Bonchev–Trinajstić information content (AvgIpc) is 2.61. The molecule has 0 atom stereocenters. The highest BCUT2D eigenvalue weighted by Gasteiger charge is 2.68. The zero-order chi connectivity index (χ0) is 28.5. The van der Waals surface area contributed by atoms with Crippen molar-refractivity contribution in [3.63, 3.8) is 0 Å². The van der Waals surface area contributed by atoms with Gasteiger partial charge in [0.1, 0.15) is 0 Å². The van der Waals surface area contributed by atoms with Crippen LogP contribution in [0.5, 0.6) is 0 Å². The molecular formula is C24H48O8Si4. The molecule has 1 aliphatic heterocycles. The van der Waals surface area contributed by atoms with Crippen LogP contribution in [0.2, 0.25) is 0 Å². The topological polar surface area (TPSA) is 73.8 Å². The predicted octanol–water partition coefficient (Wildman–Crippen LogP) is 5.98.